The van der Waals surface area contributed by atoms with Crippen molar-refractivity contribution in [1.82, 2.24) is 9.97 Å². The molecule has 7 rings (SSSR count). The summed E-state index contributed by atoms with van der Waals surface area (Å²) in [5, 5.41) is 14.5. The number of hydrogen-bond acceptors (Lipinski definition) is 4. The normalized spacial score (nSPS) is 12.6. The fourth-order valence-electron chi connectivity index (χ4n) is 7.57. The Morgan fingerprint density at radius 1 is 0.483 bits per heavy atom. The van der Waals surface area contributed by atoms with Gasteiger partial charge >= 0.3 is 0 Å². The van der Waals surface area contributed by atoms with Gasteiger partial charge in [-0.3, -0.25) is 4.90 Å². The highest BCUT2D eigenvalue weighted by Gasteiger charge is 2.27. The van der Waals surface area contributed by atoms with Crippen molar-refractivity contribution >= 4 is 28.0 Å². The molecule has 0 amide bonds. The van der Waals surface area contributed by atoms with Gasteiger partial charge in [0.1, 0.15) is 11.6 Å². The maximum atomic E-state index is 12.2. The summed E-state index contributed by atoms with van der Waals surface area (Å²) < 4.78 is 0. The molecule has 7 aromatic rings. The molecule has 0 atom stereocenters. The largest absolute Gasteiger partial charge is 0.507 e. The Balaban J connectivity index is 1.51. The molecule has 5 aromatic carbocycles. The summed E-state index contributed by atoms with van der Waals surface area (Å²) >= 11 is 0. The second-order valence-corrected chi connectivity index (χ2v) is 19.9. The lowest BCUT2D eigenvalue weighted by atomic mass is 9.78. The van der Waals surface area contributed by atoms with Crippen molar-refractivity contribution in [3.63, 3.8) is 0 Å². The SMILES string of the molecule is CC(C)(C)c1cc(-c2cc(-c3cccc(N(c4ccccn4)c4cccc5ccccc45)c3)nc(-c3cc(C(C)(C)C)cc(C(C)(C)C)c3O)c2)cc(C(C)(C)C)c1. The smallest absolute Gasteiger partial charge is 0.137 e. The van der Waals surface area contributed by atoms with Crippen molar-refractivity contribution in [2.24, 2.45) is 0 Å². The third-order valence-electron chi connectivity index (χ3n) is 11.2. The number of aromatic nitrogens is 2. The van der Waals surface area contributed by atoms with Gasteiger partial charge in [0, 0.05) is 34.0 Å². The highest BCUT2D eigenvalue weighted by Crippen LogP contribution is 2.45. The van der Waals surface area contributed by atoms with Gasteiger partial charge in [0.15, 0.2) is 0 Å². The zero-order valence-corrected chi connectivity index (χ0v) is 36.5. The van der Waals surface area contributed by atoms with Gasteiger partial charge in [0.05, 0.1) is 17.1 Å². The monoisotopic (exact) mass is 765 g/mol. The molecule has 296 valence electrons. The molecule has 0 spiro atoms. The van der Waals surface area contributed by atoms with E-state index in [9.17, 15) is 5.11 Å². The number of rotatable bonds is 6. The fourth-order valence-corrected chi connectivity index (χ4v) is 7.57. The highest BCUT2D eigenvalue weighted by atomic mass is 16.3. The summed E-state index contributed by atoms with van der Waals surface area (Å²) in [6, 6.07) is 45.3. The lowest BCUT2D eigenvalue weighted by molar-refractivity contribution is 0.446. The van der Waals surface area contributed by atoms with Crippen molar-refractivity contribution in [2.45, 2.75) is 105 Å². The summed E-state index contributed by atoms with van der Waals surface area (Å²) in [4.78, 5) is 12.5. The topological polar surface area (TPSA) is 49.2 Å². The zero-order chi connectivity index (χ0) is 41.8. The van der Waals surface area contributed by atoms with Crippen LogP contribution in [0.3, 0.4) is 0 Å². The molecule has 0 saturated heterocycles. The molecular formula is C54H59N3O. The predicted molar refractivity (Wildman–Crippen MR) is 247 cm³/mol. The summed E-state index contributed by atoms with van der Waals surface area (Å²) in [5.41, 5.74) is 11.6. The standard InChI is InChI=1S/C54H59N3O/c1-51(2,3)39-27-37(28-40(32-39)52(4,5)6)38-30-46(56-47(31-38)44-33-41(53(7,8)9)34-45(50(44)58)54(10,11)12)36-21-17-22-42(29-36)57(49-25-15-16-26-55-49)48-24-18-20-35-19-13-14-23-43(35)48/h13-34,58H,1-12H3. The van der Waals surface area contributed by atoms with E-state index in [1.165, 1.54) is 11.1 Å². The molecule has 4 nitrogen and oxygen atoms in total. The molecule has 4 heteroatoms. The number of fused-ring (bicyclic) bond motifs is 1. The molecule has 0 unspecified atom stereocenters. The molecule has 0 radical (unpaired) electrons. The van der Waals surface area contributed by atoms with E-state index in [2.05, 4.69) is 203 Å². The quantitative estimate of drug-likeness (QED) is 0.183. The van der Waals surface area contributed by atoms with Crippen LogP contribution < -0.4 is 4.90 Å². The Morgan fingerprint density at radius 3 is 1.71 bits per heavy atom. The van der Waals surface area contributed by atoms with Crippen LogP contribution in [0.5, 0.6) is 5.75 Å². The summed E-state index contributed by atoms with van der Waals surface area (Å²) in [7, 11) is 0. The van der Waals surface area contributed by atoms with E-state index < -0.39 is 0 Å². The van der Waals surface area contributed by atoms with Crippen molar-refractivity contribution in [3.05, 3.63) is 156 Å². The maximum absolute atomic E-state index is 12.2. The van der Waals surface area contributed by atoms with Crippen LogP contribution in [0.25, 0.3) is 44.4 Å². The number of anilines is 3. The molecule has 0 bridgehead atoms. The van der Waals surface area contributed by atoms with E-state index in [4.69, 9.17) is 9.97 Å². The van der Waals surface area contributed by atoms with Gasteiger partial charge in [-0.2, -0.15) is 0 Å². The van der Waals surface area contributed by atoms with Crippen molar-refractivity contribution in [1.29, 1.82) is 0 Å². The molecule has 58 heavy (non-hydrogen) atoms. The van der Waals surface area contributed by atoms with Gasteiger partial charge < -0.3 is 5.11 Å². The van der Waals surface area contributed by atoms with Gasteiger partial charge in [0.2, 0.25) is 0 Å². The van der Waals surface area contributed by atoms with Crippen LogP contribution in [0.1, 0.15) is 105 Å². The Kier molecular flexibility index (Phi) is 10.4. The second-order valence-electron chi connectivity index (χ2n) is 19.9. The first-order chi connectivity index (χ1) is 27.2. The van der Waals surface area contributed by atoms with Crippen LogP contribution in [-0.2, 0) is 21.7 Å². The molecule has 1 N–H and O–H groups in total. The molecule has 0 fully saturated rings. The van der Waals surface area contributed by atoms with Gasteiger partial charge in [-0.25, -0.2) is 9.97 Å². The Bertz CT molecular complexity index is 2570. The average molecular weight is 766 g/mol. The summed E-state index contributed by atoms with van der Waals surface area (Å²) in [6.07, 6.45) is 1.84. The zero-order valence-electron chi connectivity index (χ0n) is 36.5. The van der Waals surface area contributed by atoms with Crippen LogP contribution in [0.2, 0.25) is 0 Å². The lowest BCUT2D eigenvalue weighted by Gasteiger charge is -2.28. The Labute approximate surface area is 346 Å². The lowest BCUT2D eigenvalue weighted by Crippen LogP contribution is -2.17. The molecule has 0 aliphatic carbocycles. The maximum Gasteiger partial charge on any atom is 0.137 e. The Morgan fingerprint density at radius 2 is 1.07 bits per heavy atom. The van der Waals surface area contributed by atoms with Gasteiger partial charge in [-0.1, -0.05) is 162 Å². The van der Waals surface area contributed by atoms with Crippen LogP contribution in [0.4, 0.5) is 17.2 Å². The second kappa shape index (κ2) is 14.9. The average Bonchev–Trinajstić information content (AvgIpc) is 3.17. The van der Waals surface area contributed by atoms with Crippen LogP contribution >= 0.6 is 0 Å². The van der Waals surface area contributed by atoms with Gasteiger partial charge in [-0.15, -0.1) is 0 Å². The Hall–Kier alpha value is -5.74. The first-order valence-electron chi connectivity index (χ1n) is 20.5. The minimum absolute atomic E-state index is 0.0551. The molecule has 0 saturated carbocycles. The number of hydrogen-bond donors (Lipinski definition) is 1. The van der Waals surface area contributed by atoms with Crippen LogP contribution in [-0.4, -0.2) is 15.1 Å². The van der Waals surface area contributed by atoms with E-state index in [1.807, 2.05) is 18.3 Å². The van der Waals surface area contributed by atoms with Gasteiger partial charge in [0.25, 0.3) is 0 Å². The van der Waals surface area contributed by atoms with E-state index in [-0.39, 0.29) is 27.4 Å². The minimum Gasteiger partial charge on any atom is -0.507 e. The minimum atomic E-state index is -0.284. The fraction of sp³-hybridized carbons (Fsp3) is 0.296. The third-order valence-corrected chi connectivity index (χ3v) is 11.2. The van der Waals surface area contributed by atoms with Crippen molar-refractivity contribution < 1.29 is 5.11 Å². The van der Waals surface area contributed by atoms with E-state index in [0.717, 1.165) is 72.7 Å². The van der Waals surface area contributed by atoms with E-state index in [1.54, 1.807) is 0 Å². The van der Waals surface area contributed by atoms with E-state index >= 15 is 0 Å². The summed E-state index contributed by atoms with van der Waals surface area (Å²) in [5.74, 6) is 1.10. The van der Waals surface area contributed by atoms with Gasteiger partial charge in [-0.05, 0) is 103 Å². The number of phenols is 1. The number of phenolic OH excluding ortho intramolecular Hbond substituents is 1. The first kappa shape index (κ1) is 40.5. The van der Waals surface area contributed by atoms with Crippen LogP contribution in [0, 0.1) is 0 Å². The first-order valence-corrected chi connectivity index (χ1v) is 20.5. The molecule has 0 aliphatic rings. The predicted octanol–water partition coefficient (Wildman–Crippen LogP) is 15.0. The number of nitrogens with zero attached hydrogens (tertiary/aromatic N) is 3. The third kappa shape index (κ3) is 8.29. The molecule has 2 aromatic heterocycles. The molecule has 0 aliphatic heterocycles. The van der Waals surface area contributed by atoms with Crippen molar-refractivity contribution in [2.75, 3.05) is 4.90 Å². The molecular weight excluding hydrogens is 707 g/mol. The molecule has 2 heterocycles. The number of benzene rings is 5. The van der Waals surface area contributed by atoms with Crippen LogP contribution in [0.15, 0.2) is 134 Å². The number of aromatic hydroxyl groups is 1. The van der Waals surface area contributed by atoms with E-state index in [0.29, 0.717) is 0 Å². The van der Waals surface area contributed by atoms with Crippen molar-refractivity contribution in [3.8, 4) is 39.4 Å². The highest BCUT2D eigenvalue weighted by molar-refractivity contribution is 5.98. The number of pyridine rings is 2. The summed E-state index contributed by atoms with van der Waals surface area (Å²) in [6.45, 7) is 26.8.